The Hall–Kier alpha value is -1.53. The van der Waals surface area contributed by atoms with Crippen LogP contribution in [-0.4, -0.2) is 48.6 Å². The SMILES string of the molecule is O=C(CSCc1cccc2ccccc12)N(C1CCCC1)[C@@H]1CCS(=O)(=O)C1. The molecule has 1 saturated heterocycles. The number of nitrogens with zero attached hydrogens (tertiary/aromatic N) is 1. The predicted molar refractivity (Wildman–Crippen MR) is 116 cm³/mol. The molecule has 2 aliphatic rings. The fourth-order valence-electron chi connectivity index (χ4n) is 4.62. The normalized spacial score (nSPS) is 21.9. The van der Waals surface area contributed by atoms with Crippen molar-refractivity contribution in [2.45, 2.75) is 49.9 Å². The standard InChI is InChI=1S/C22H27NO3S2/c24-22(15-27-14-18-8-5-7-17-6-1-4-11-21(17)18)23(19-9-2-3-10-19)20-12-13-28(25,26)16-20/h1,4-8,11,19-20H,2-3,9-10,12-16H2/t20-/m1/s1. The molecule has 1 heterocycles. The minimum absolute atomic E-state index is 0.110. The van der Waals surface area contributed by atoms with E-state index < -0.39 is 9.84 Å². The summed E-state index contributed by atoms with van der Waals surface area (Å²) in [5.74, 6) is 1.67. The first-order chi connectivity index (χ1) is 13.5. The number of carbonyl (C=O) groups excluding carboxylic acids is 1. The van der Waals surface area contributed by atoms with E-state index in [9.17, 15) is 13.2 Å². The second-order valence-corrected chi connectivity index (χ2v) is 11.1. The molecule has 1 amide bonds. The maximum absolute atomic E-state index is 13.1. The monoisotopic (exact) mass is 417 g/mol. The summed E-state index contributed by atoms with van der Waals surface area (Å²) in [4.78, 5) is 15.0. The van der Waals surface area contributed by atoms with Gasteiger partial charge in [-0.25, -0.2) is 8.42 Å². The predicted octanol–water partition coefficient (Wildman–Crippen LogP) is 4.03. The van der Waals surface area contributed by atoms with E-state index in [1.54, 1.807) is 11.8 Å². The lowest BCUT2D eigenvalue weighted by Gasteiger charge is -2.34. The molecule has 2 aromatic rings. The number of fused-ring (bicyclic) bond motifs is 1. The smallest absolute Gasteiger partial charge is 0.233 e. The Morgan fingerprint density at radius 1 is 1.00 bits per heavy atom. The number of carbonyl (C=O) groups is 1. The Labute approximate surface area is 171 Å². The fraction of sp³-hybridized carbons (Fsp3) is 0.500. The average Bonchev–Trinajstić information content (AvgIpc) is 3.32. The van der Waals surface area contributed by atoms with E-state index in [0.717, 1.165) is 31.4 Å². The Kier molecular flexibility index (Phi) is 5.97. The van der Waals surface area contributed by atoms with Gasteiger partial charge in [-0.1, -0.05) is 55.3 Å². The van der Waals surface area contributed by atoms with E-state index in [0.29, 0.717) is 12.2 Å². The zero-order chi connectivity index (χ0) is 19.6. The summed E-state index contributed by atoms with van der Waals surface area (Å²) in [5.41, 5.74) is 1.24. The van der Waals surface area contributed by atoms with E-state index in [4.69, 9.17) is 0 Å². The molecule has 0 spiro atoms. The van der Waals surface area contributed by atoms with Crippen LogP contribution in [0, 0.1) is 0 Å². The summed E-state index contributed by atoms with van der Waals surface area (Å²) in [6.07, 6.45) is 4.89. The van der Waals surface area contributed by atoms with Crippen LogP contribution in [0.1, 0.15) is 37.7 Å². The van der Waals surface area contributed by atoms with Crippen LogP contribution < -0.4 is 0 Å². The Morgan fingerprint density at radius 3 is 2.50 bits per heavy atom. The number of hydrogen-bond acceptors (Lipinski definition) is 4. The molecule has 2 aromatic carbocycles. The molecule has 4 nitrogen and oxygen atoms in total. The van der Waals surface area contributed by atoms with Crippen molar-refractivity contribution in [2.75, 3.05) is 17.3 Å². The van der Waals surface area contributed by atoms with Gasteiger partial charge in [-0.15, -0.1) is 11.8 Å². The van der Waals surface area contributed by atoms with Crippen LogP contribution >= 0.6 is 11.8 Å². The second-order valence-electron chi connectivity index (χ2n) is 7.93. The van der Waals surface area contributed by atoms with Gasteiger partial charge < -0.3 is 4.90 Å². The lowest BCUT2D eigenvalue weighted by atomic mass is 10.1. The lowest BCUT2D eigenvalue weighted by Crippen LogP contribution is -2.47. The van der Waals surface area contributed by atoms with Gasteiger partial charge in [-0.3, -0.25) is 4.79 Å². The highest BCUT2D eigenvalue weighted by atomic mass is 32.2. The van der Waals surface area contributed by atoms with Gasteiger partial charge in [0, 0.05) is 17.8 Å². The molecule has 1 aliphatic carbocycles. The van der Waals surface area contributed by atoms with Crippen LogP contribution in [0.25, 0.3) is 10.8 Å². The molecule has 1 saturated carbocycles. The minimum atomic E-state index is -2.99. The van der Waals surface area contributed by atoms with Crippen molar-refractivity contribution in [2.24, 2.45) is 0 Å². The van der Waals surface area contributed by atoms with E-state index >= 15 is 0 Å². The van der Waals surface area contributed by atoms with Crippen LogP contribution in [-0.2, 0) is 20.4 Å². The van der Waals surface area contributed by atoms with Gasteiger partial charge in [0.15, 0.2) is 9.84 Å². The van der Waals surface area contributed by atoms with Gasteiger partial charge >= 0.3 is 0 Å². The van der Waals surface area contributed by atoms with Gasteiger partial charge in [0.2, 0.25) is 5.91 Å². The van der Waals surface area contributed by atoms with Crippen LogP contribution in [0.4, 0.5) is 0 Å². The molecule has 4 rings (SSSR count). The van der Waals surface area contributed by atoms with Crippen molar-refractivity contribution in [3.63, 3.8) is 0 Å². The Morgan fingerprint density at radius 2 is 1.75 bits per heavy atom. The first kappa shape index (κ1) is 19.8. The van der Waals surface area contributed by atoms with Gasteiger partial charge in [-0.2, -0.15) is 0 Å². The number of sulfone groups is 1. The number of amides is 1. The molecule has 6 heteroatoms. The topological polar surface area (TPSA) is 54.5 Å². The van der Waals surface area contributed by atoms with Crippen molar-refractivity contribution < 1.29 is 13.2 Å². The molecular formula is C22H27NO3S2. The number of rotatable bonds is 6. The highest BCUT2D eigenvalue weighted by Crippen LogP contribution is 2.30. The molecule has 28 heavy (non-hydrogen) atoms. The number of benzene rings is 2. The Balaban J connectivity index is 1.43. The quantitative estimate of drug-likeness (QED) is 0.712. The van der Waals surface area contributed by atoms with Gasteiger partial charge in [0.25, 0.3) is 0 Å². The molecule has 1 aliphatic heterocycles. The third-order valence-electron chi connectivity index (χ3n) is 5.97. The van der Waals surface area contributed by atoms with E-state index in [2.05, 4.69) is 30.3 Å². The summed E-state index contributed by atoms with van der Waals surface area (Å²) in [5, 5.41) is 2.45. The van der Waals surface area contributed by atoms with E-state index in [1.165, 1.54) is 16.3 Å². The fourth-order valence-corrected chi connectivity index (χ4v) is 7.23. The molecule has 150 valence electrons. The Bertz CT molecular complexity index is 946. The summed E-state index contributed by atoms with van der Waals surface area (Å²) in [6.45, 7) is 0. The third kappa shape index (κ3) is 4.38. The summed E-state index contributed by atoms with van der Waals surface area (Å²) < 4.78 is 23.9. The van der Waals surface area contributed by atoms with Gasteiger partial charge in [-0.05, 0) is 35.6 Å². The van der Waals surface area contributed by atoms with Crippen LogP contribution in [0.5, 0.6) is 0 Å². The molecule has 0 N–H and O–H groups in total. The van der Waals surface area contributed by atoms with E-state index in [1.807, 2.05) is 17.0 Å². The second kappa shape index (κ2) is 8.46. The molecule has 0 radical (unpaired) electrons. The lowest BCUT2D eigenvalue weighted by molar-refractivity contribution is -0.132. The third-order valence-corrected chi connectivity index (χ3v) is 8.69. The largest absolute Gasteiger partial charge is 0.335 e. The number of thioether (sulfide) groups is 1. The van der Waals surface area contributed by atoms with Crippen molar-refractivity contribution in [1.29, 1.82) is 0 Å². The minimum Gasteiger partial charge on any atom is -0.335 e. The van der Waals surface area contributed by atoms with E-state index in [-0.39, 0.29) is 29.5 Å². The average molecular weight is 418 g/mol. The highest BCUT2D eigenvalue weighted by Gasteiger charge is 2.38. The molecule has 0 unspecified atom stereocenters. The maximum Gasteiger partial charge on any atom is 0.233 e. The molecule has 2 fully saturated rings. The van der Waals surface area contributed by atoms with Crippen molar-refractivity contribution >= 4 is 38.3 Å². The maximum atomic E-state index is 13.1. The summed E-state index contributed by atoms with van der Waals surface area (Å²) >= 11 is 1.63. The van der Waals surface area contributed by atoms with Crippen molar-refractivity contribution in [1.82, 2.24) is 4.90 Å². The molecule has 1 atom stereocenters. The molecule has 0 aromatic heterocycles. The summed E-state index contributed by atoms with van der Waals surface area (Å²) in [6, 6.07) is 14.7. The molecule has 0 bridgehead atoms. The van der Waals surface area contributed by atoms with Crippen molar-refractivity contribution in [3.8, 4) is 0 Å². The van der Waals surface area contributed by atoms with Crippen LogP contribution in [0.3, 0.4) is 0 Å². The summed E-state index contributed by atoms with van der Waals surface area (Å²) in [7, 11) is -2.99. The van der Waals surface area contributed by atoms with Gasteiger partial charge in [0.1, 0.15) is 0 Å². The van der Waals surface area contributed by atoms with Crippen LogP contribution in [0.15, 0.2) is 42.5 Å². The van der Waals surface area contributed by atoms with Crippen molar-refractivity contribution in [3.05, 3.63) is 48.0 Å². The van der Waals surface area contributed by atoms with Gasteiger partial charge in [0.05, 0.1) is 17.3 Å². The highest BCUT2D eigenvalue weighted by molar-refractivity contribution is 7.99. The van der Waals surface area contributed by atoms with Crippen LogP contribution in [0.2, 0.25) is 0 Å². The zero-order valence-corrected chi connectivity index (χ0v) is 17.7. The molecular weight excluding hydrogens is 390 g/mol. The number of hydrogen-bond donors (Lipinski definition) is 0. The first-order valence-corrected chi connectivity index (χ1v) is 13.1. The first-order valence-electron chi connectivity index (χ1n) is 10.1. The zero-order valence-electron chi connectivity index (χ0n) is 16.0.